The van der Waals surface area contributed by atoms with E-state index < -0.39 is 11.4 Å². The Balaban J connectivity index is 2.65. The van der Waals surface area contributed by atoms with Gasteiger partial charge in [-0.3, -0.25) is 4.79 Å². The minimum Gasteiger partial charge on any atom is -0.481 e. The largest absolute Gasteiger partial charge is 0.481 e. The topological polar surface area (TPSA) is 40.5 Å². The minimum atomic E-state index is -0.653. The molecule has 0 spiro atoms. The summed E-state index contributed by atoms with van der Waals surface area (Å²) in [5.41, 5.74) is -0.597. The monoisotopic (exact) mass is 255 g/mol. The molecule has 3 nitrogen and oxygen atoms in total. The molecule has 0 saturated heterocycles. The average Bonchev–Trinajstić information content (AvgIpc) is 2.29. The Bertz CT molecular complexity index is 280. The van der Waals surface area contributed by atoms with Crippen molar-refractivity contribution in [3.05, 3.63) is 0 Å². The van der Waals surface area contributed by atoms with Gasteiger partial charge in [0.25, 0.3) is 0 Å². The molecule has 3 unspecified atom stereocenters. The van der Waals surface area contributed by atoms with Crippen LogP contribution in [0.2, 0.25) is 0 Å². The first-order chi connectivity index (χ1) is 8.40. The summed E-state index contributed by atoms with van der Waals surface area (Å²) in [5.74, 6) is 0.0445. The van der Waals surface area contributed by atoms with Gasteiger partial charge in [0.15, 0.2) is 0 Å². The predicted octanol–water partition coefficient (Wildman–Crippen LogP) is 3.39. The lowest BCUT2D eigenvalue weighted by Gasteiger charge is -2.40. The summed E-state index contributed by atoms with van der Waals surface area (Å²) < 4.78 is 0. The van der Waals surface area contributed by atoms with Gasteiger partial charge in [0, 0.05) is 12.6 Å². The van der Waals surface area contributed by atoms with Crippen LogP contribution in [-0.2, 0) is 4.79 Å². The summed E-state index contributed by atoms with van der Waals surface area (Å²) in [6.07, 6.45) is 6.81. The van der Waals surface area contributed by atoms with Crippen LogP contribution in [0.3, 0.4) is 0 Å². The van der Waals surface area contributed by atoms with Crippen molar-refractivity contribution in [1.29, 1.82) is 0 Å². The number of rotatable bonds is 6. The van der Waals surface area contributed by atoms with Crippen molar-refractivity contribution in [3.63, 3.8) is 0 Å². The first-order valence-corrected chi connectivity index (χ1v) is 7.34. The molecule has 1 N–H and O–H groups in total. The first kappa shape index (κ1) is 15.5. The zero-order valence-corrected chi connectivity index (χ0v) is 12.4. The summed E-state index contributed by atoms with van der Waals surface area (Å²) in [5, 5.41) is 9.45. The number of carboxylic acid groups (broad SMARTS) is 1. The van der Waals surface area contributed by atoms with Crippen molar-refractivity contribution >= 4 is 5.97 Å². The fraction of sp³-hybridized carbons (Fsp3) is 0.933. The Morgan fingerprint density at radius 1 is 1.39 bits per heavy atom. The maximum absolute atomic E-state index is 11.5. The van der Waals surface area contributed by atoms with Gasteiger partial charge in [0.2, 0.25) is 0 Å². The molecule has 0 aromatic rings. The molecule has 106 valence electrons. The second-order valence-electron chi connectivity index (χ2n) is 6.36. The molecule has 1 saturated carbocycles. The Hall–Kier alpha value is -0.570. The normalized spacial score (nSPS) is 28.1. The van der Waals surface area contributed by atoms with E-state index in [1.54, 1.807) is 0 Å². The van der Waals surface area contributed by atoms with Crippen LogP contribution in [0.1, 0.15) is 59.3 Å². The molecule has 0 heterocycles. The second kappa shape index (κ2) is 6.55. The molecule has 3 heteroatoms. The molecule has 0 aromatic heterocycles. The van der Waals surface area contributed by atoms with Crippen molar-refractivity contribution in [2.45, 2.75) is 65.3 Å². The quantitative estimate of drug-likeness (QED) is 0.791. The highest BCUT2D eigenvalue weighted by molar-refractivity contribution is 5.74. The second-order valence-corrected chi connectivity index (χ2v) is 6.36. The molecule has 18 heavy (non-hydrogen) atoms. The van der Waals surface area contributed by atoms with Gasteiger partial charge in [-0.25, -0.2) is 0 Å². The number of carboxylic acids is 1. The summed E-state index contributed by atoms with van der Waals surface area (Å²) in [7, 11) is 2.10. The Labute approximate surface area is 112 Å². The lowest BCUT2D eigenvalue weighted by atomic mass is 9.81. The van der Waals surface area contributed by atoms with Gasteiger partial charge in [-0.1, -0.05) is 33.1 Å². The summed E-state index contributed by atoms with van der Waals surface area (Å²) >= 11 is 0. The van der Waals surface area contributed by atoms with E-state index in [4.69, 9.17) is 0 Å². The maximum Gasteiger partial charge on any atom is 0.310 e. The van der Waals surface area contributed by atoms with E-state index in [-0.39, 0.29) is 0 Å². The van der Waals surface area contributed by atoms with E-state index in [0.29, 0.717) is 18.5 Å². The SMILES string of the molecule is CCCC(C)(CN(C)C1CCCCC1C)C(=O)O. The fourth-order valence-corrected chi connectivity index (χ4v) is 3.42. The van der Waals surface area contributed by atoms with Gasteiger partial charge >= 0.3 is 5.97 Å². The molecule has 1 aliphatic carbocycles. The zero-order valence-electron chi connectivity index (χ0n) is 12.4. The minimum absolute atomic E-state index is 0.564. The van der Waals surface area contributed by atoms with Gasteiger partial charge in [-0.2, -0.15) is 0 Å². The lowest BCUT2D eigenvalue weighted by Crippen LogP contribution is -2.46. The van der Waals surface area contributed by atoms with Crippen molar-refractivity contribution in [1.82, 2.24) is 4.90 Å². The Morgan fingerprint density at radius 3 is 2.50 bits per heavy atom. The summed E-state index contributed by atoms with van der Waals surface area (Å²) in [4.78, 5) is 13.8. The number of carbonyl (C=O) groups is 1. The van der Waals surface area contributed by atoms with Crippen LogP contribution in [0, 0.1) is 11.3 Å². The van der Waals surface area contributed by atoms with Gasteiger partial charge < -0.3 is 10.0 Å². The third-order valence-corrected chi connectivity index (χ3v) is 4.55. The highest BCUT2D eigenvalue weighted by atomic mass is 16.4. The zero-order chi connectivity index (χ0) is 13.8. The van der Waals surface area contributed by atoms with Crippen molar-refractivity contribution in [2.75, 3.05) is 13.6 Å². The number of aliphatic carboxylic acids is 1. The van der Waals surface area contributed by atoms with Crippen molar-refractivity contribution in [2.24, 2.45) is 11.3 Å². The highest BCUT2D eigenvalue weighted by Crippen LogP contribution is 2.31. The average molecular weight is 255 g/mol. The number of hydrogen-bond acceptors (Lipinski definition) is 2. The molecule has 1 rings (SSSR count). The van der Waals surface area contributed by atoms with E-state index in [1.807, 2.05) is 6.92 Å². The van der Waals surface area contributed by atoms with Crippen LogP contribution in [0.25, 0.3) is 0 Å². The van der Waals surface area contributed by atoms with Gasteiger partial charge in [-0.05, 0) is 39.2 Å². The van der Waals surface area contributed by atoms with Crippen LogP contribution in [0.4, 0.5) is 0 Å². The lowest BCUT2D eigenvalue weighted by molar-refractivity contribution is -0.150. The number of hydrogen-bond donors (Lipinski definition) is 1. The molecule has 0 amide bonds. The van der Waals surface area contributed by atoms with Gasteiger partial charge in [0.1, 0.15) is 0 Å². The molecular formula is C15H29NO2. The molecule has 0 bridgehead atoms. The fourth-order valence-electron chi connectivity index (χ4n) is 3.42. The van der Waals surface area contributed by atoms with E-state index in [2.05, 4.69) is 25.8 Å². The highest BCUT2D eigenvalue weighted by Gasteiger charge is 2.36. The smallest absolute Gasteiger partial charge is 0.310 e. The van der Waals surface area contributed by atoms with E-state index in [9.17, 15) is 9.90 Å². The van der Waals surface area contributed by atoms with E-state index in [0.717, 1.165) is 12.8 Å². The standard InChI is InChI=1S/C15H29NO2/c1-5-10-15(3,14(17)18)11-16(4)13-9-7-6-8-12(13)2/h12-13H,5-11H2,1-4H3,(H,17,18). The molecule has 1 aliphatic rings. The van der Waals surface area contributed by atoms with E-state index in [1.165, 1.54) is 25.7 Å². The van der Waals surface area contributed by atoms with Crippen LogP contribution >= 0.6 is 0 Å². The third-order valence-electron chi connectivity index (χ3n) is 4.55. The molecule has 0 aliphatic heterocycles. The maximum atomic E-state index is 11.5. The molecule has 1 fully saturated rings. The third kappa shape index (κ3) is 3.71. The van der Waals surface area contributed by atoms with Crippen LogP contribution in [0.15, 0.2) is 0 Å². The molecule has 3 atom stereocenters. The van der Waals surface area contributed by atoms with Crippen LogP contribution in [-0.4, -0.2) is 35.6 Å². The molecule has 0 aromatic carbocycles. The van der Waals surface area contributed by atoms with Crippen LogP contribution < -0.4 is 0 Å². The van der Waals surface area contributed by atoms with Crippen molar-refractivity contribution < 1.29 is 9.90 Å². The summed E-state index contributed by atoms with van der Waals surface area (Å²) in [6.45, 7) is 6.93. The van der Waals surface area contributed by atoms with Crippen molar-refractivity contribution in [3.8, 4) is 0 Å². The Morgan fingerprint density at radius 2 is 2.00 bits per heavy atom. The summed E-state index contributed by atoms with van der Waals surface area (Å²) in [6, 6.07) is 0.564. The Kier molecular flexibility index (Phi) is 5.64. The van der Waals surface area contributed by atoms with Gasteiger partial charge in [-0.15, -0.1) is 0 Å². The number of nitrogens with zero attached hydrogens (tertiary/aromatic N) is 1. The first-order valence-electron chi connectivity index (χ1n) is 7.34. The predicted molar refractivity (Wildman–Crippen MR) is 74.7 cm³/mol. The van der Waals surface area contributed by atoms with Gasteiger partial charge in [0.05, 0.1) is 5.41 Å². The molecule has 0 radical (unpaired) electrons. The molecular weight excluding hydrogens is 226 g/mol. The van der Waals surface area contributed by atoms with E-state index >= 15 is 0 Å². The van der Waals surface area contributed by atoms with Crippen LogP contribution in [0.5, 0.6) is 0 Å².